The summed E-state index contributed by atoms with van der Waals surface area (Å²) in [6.45, 7) is 4.44. The molecule has 0 aliphatic carbocycles. The van der Waals surface area contributed by atoms with E-state index in [-0.39, 0.29) is 22.0 Å². The summed E-state index contributed by atoms with van der Waals surface area (Å²) in [4.78, 5) is 38.7. The normalized spacial score (nSPS) is 10.4. The van der Waals surface area contributed by atoms with E-state index in [0.717, 1.165) is 6.07 Å². The number of halogens is 1. The molecule has 0 spiro atoms. The SMILES string of the molecule is Cc1cc(C)c(C(=O)OCC(=O)c2ccc(C)c([N+](=O)[O-])c2)c(Cl)n1. The second-order valence-corrected chi connectivity index (χ2v) is 5.86. The Morgan fingerprint density at radius 1 is 1.20 bits per heavy atom. The Kier molecular flexibility index (Phi) is 5.48. The number of aryl methyl sites for hydroxylation is 3. The van der Waals surface area contributed by atoms with E-state index >= 15 is 0 Å². The predicted molar refractivity (Wildman–Crippen MR) is 91.2 cm³/mol. The number of ether oxygens (including phenoxy) is 1. The highest BCUT2D eigenvalue weighted by Gasteiger charge is 2.20. The van der Waals surface area contributed by atoms with Gasteiger partial charge in [0.2, 0.25) is 5.78 Å². The van der Waals surface area contributed by atoms with E-state index in [1.165, 1.54) is 12.1 Å². The van der Waals surface area contributed by atoms with Crippen LogP contribution in [-0.4, -0.2) is 28.3 Å². The summed E-state index contributed by atoms with van der Waals surface area (Å²) in [5.41, 5.74) is 1.69. The Labute approximate surface area is 148 Å². The number of rotatable bonds is 5. The Hall–Kier alpha value is -2.80. The van der Waals surface area contributed by atoms with E-state index in [1.807, 2.05) is 0 Å². The molecule has 0 aliphatic heterocycles. The molecule has 0 bridgehead atoms. The van der Waals surface area contributed by atoms with Crippen LogP contribution in [0.2, 0.25) is 5.15 Å². The molecule has 1 aromatic carbocycles. The maximum atomic E-state index is 12.2. The minimum absolute atomic E-state index is 0.000854. The Morgan fingerprint density at radius 3 is 2.48 bits per heavy atom. The number of nitro benzene ring substituents is 1. The molecule has 2 aromatic rings. The van der Waals surface area contributed by atoms with Crippen molar-refractivity contribution in [2.45, 2.75) is 20.8 Å². The lowest BCUT2D eigenvalue weighted by Gasteiger charge is -2.09. The highest BCUT2D eigenvalue weighted by molar-refractivity contribution is 6.32. The number of nitro groups is 1. The molecule has 1 aromatic heterocycles. The van der Waals surface area contributed by atoms with Gasteiger partial charge in [0.05, 0.1) is 10.5 Å². The average molecular weight is 363 g/mol. The largest absolute Gasteiger partial charge is 0.454 e. The molecule has 0 atom stereocenters. The zero-order valence-corrected chi connectivity index (χ0v) is 14.6. The summed E-state index contributed by atoms with van der Waals surface area (Å²) in [5.74, 6) is -1.32. The maximum Gasteiger partial charge on any atom is 0.342 e. The molecule has 25 heavy (non-hydrogen) atoms. The molecule has 7 nitrogen and oxygen atoms in total. The molecule has 1 heterocycles. The van der Waals surface area contributed by atoms with Gasteiger partial charge in [-0.15, -0.1) is 0 Å². The van der Waals surface area contributed by atoms with Crippen molar-refractivity contribution in [2.75, 3.05) is 6.61 Å². The van der Waals surface area contributed by atoms with Gasteiger partial charge in [0.1, 0.15) is 5.15 Å². The number of hydrogen-bond acceptors (Lipinski definition) is 6. The van der Waals surface area contributed by atoms with Crippen LogP contribution in [0.15, 0.2) is 24.3 Å². The number of aromatic nitrogens is 1. The quantitative estimate of drug-likeness (QED) is 0.265. The van der Waals surface area contributed by atoms with Crippen molar-refractivity contribution in [1.29, 1.82) is 0 Å². The van der Waals surface area contributed by atoms with E-state index in [9.17, 15) is 19.7 Å². The van der Waals surface area contributed by atoms with Crippen LogP contribution in [0.3, 0.4) is 0 Å². The van der Waals surface area contributed by atoms with Gasteiger partial charge < -0.3 is 4.74 Å². The zero-order valence-electron chi connectivity index (χ0n) is 13.8. The van der Waals surface area contributed by atoms with E-state index in [2.05, 4.69) is 4.98 Å². The number of pyridine rings is 1. The number of carbonyl (C=O) groups is 2. The molecular weight excluding hydrogens is 348 g/mol. The van der Waals surface area contributed by atoms with Crippen molar-refractivity contribution < 1.29 is 19.2 Å². The fourth-order valence-corrected chi connectivity index (χ4v) is 2.66. The van der Waals surface area contributed by atoms with Crippen LogP contribution < -0.4 is 0 Å². The number of hydrogen-bond donors (Lipinski definition) is 0. The van der Waals surface area contributed by atoms with Gasteiger partial charge in [-0.05, 0) is 32.4 Å². The van der Waals surface area contributed by atoms with Crippen LogP contribution in [0.25, 0.3) is 0 Å². The standard InChI is InChI=1S/C17H15ClN2O5/c1-9-4-5-12(7-13(9)20(23)24)14(21)8-25-17(22)15-10(2)6-11(3)19-16(15)18/h4-7H,8H2,1-3H3. The van der Waals surface area contributed by atoms with Crippen molar-refractivity contribution in [3.05, 3.63) is 67.5 Å². The van der Waals surface area contributed by atoms with E-state index in [4.69, 9.17) is 16.3 Å². The summed E-state index contributed by atoms with van der Waals surface area (Å²) >= 11 is 5.96. The topological polar surface area (TPSA) is 99.4 Å². The number of benzene rings is 1. The van der Waals surface area contributed by atoms with E-state index < -0.39 is 23.3 Å². The summed E-state index contributed by atoms with van der Waals surface area (Å²) in [7, 11) is 0. The number of carbonyl (C=O) groups excluding carboxylic acids is 2. The summed E-state index contributed by atoms with van der Waals surface area (Å²) in [6.07, 6.45) is 0. The molecule has 8 heteroatoms. The van der Waals surface area contributed by atoms with Crippen LogP contribution >= 0.6 is 11.6 Å². The fourth-order valence-electron chi connectivity index (χ4n) is 2.30. The van der Waals surface area contributed by atoms with Crippen molar-refractivity contribution in [3.63, 3.8) is 0 Å². The number of ketones is 1. The predicted octanol–water partition coefficient (Wildman–Crippen LogP) is 3.61. The molecule has 0 aliphatic rings. The fraction of sp³-hybridized carbons (Fsp3) is 0.235. The van der Waals surface area contributed by atoms with E-state index in [1.54, 1.807) is 26.8 Å². The Bertz CT molecular complexity index is 856. The van der Waals surface area contributed by atoms with Crippen molar-refractivity contribution in [3.8, 4) is 0 Å². The highest BCUT2D eigenvalue weighted by atomic mass is 35.5. The van der Waals surface area contributed by atoms with Gasteiger partial charge in [-0.3, -0.25) is 14.9 Å². The lowest BCUT2D eigenvalue weighted by Crippen LogP contribution is -2.16. The minimum Gasteiger partial charge on any atom is -0.454 e. The first-order valence-corrected chi connectivity index (χ1v) is 7.67. The molecule has 0 fully saturated rings. The molecule has 0 saturated heterocycles. The van der Waals surface area contributed by atoms with Gasteiger partial charge in [-0.2, -0.15) is 0 Å². The average Bonchev–Trinajstić information content (AvgIpc) is 2.51. The molecule has 2 rings (SSSR count). The molecule has 0 amide bonds. The van der Waals surface area contributed by atoms with Gasteiger partial charge in [-0.1, -0.05) is 23.7 Å². The van der Waals surface area contributed by atoms with Crippen LogP contribution in [0, 0.1) is 30.9 Å². The van der Waals surface area contributed by atoms with Crippen LogP contribution in [-0.2, 0) is 4.74 Å². The number of Topliss-reactive ketones (excluding diaryl/α,β-unsaturated/α-hetero) is 1. The molecule has 130 valence electrons. The van der Waals surface area contributed by atoms with Gasteiger partial charge >= 0.3 is 5.97 Å². The van der Waals surface area contributed by atoms with Crippen molar-refractivity contribution >= 4 is 29.0 Å². The van der Waals surface area contributed by atoms with Gasteiger partial charge in [0.15, 0.2) is 6.61 Å². The third-order valence-electron chi connectivity index (χ3n) is 3.57. The van der Waals surface area contributed by atoms with Crippen LogP contribution in [0.4, 0.5) is 5.69 Å². The summed E-state index contributed by atoms with van der Waals surface area (Å²) in [5, 5.41) is 10.9. The first-order chi connectivity index (χ1) is 11.7. The van der Waals surface area contributed by atoms with Gasteiger partial charge in [-0.25, -0.2) is 9.78 Å². The number of esters is 1. The molecular formula is C17H15ClN2O5. The molecule has 0 radical (unpaired) electrons. The highest BCUT2D eigenvalue weighted by Crippen LogP contribution is 2.21. The number of nitrogens with zero attached hydrogens (tertiary/aromatic N) is 2. The molecule has 0 unspecified atom stereocenters. The van der Waals surface area contributed by atoms with Gasteiger partial charge in [0, 0.05) is 22.9 Å². The minimum atomic E-state index is -0.773. The molecule has 0 saturated carbocycles. The first-order valence-electron chi connectivity index (χ1n) is 7.29. The third-order valence-corrected chi connectivity index (χ3v) is 3.84. The first kappa shape index (κ1) is 18.5. The third kappa shape index (κ3) is 4.19. The van der Waals surface area contributed by atoms with Crippen molar-refractivity contribution in [2.24, 2.45) is 0 Å². The lowest BCUT2D eigenvalue weighted by molar-refractivity contribution is -0.385. The Balaban J connectivity index is 2.14. The smallest absolute Gasteiger partial charge is 0.342 e. The zero-order chi connectivity index (χ0) is 18.7. The summed E-state index contributed by atoms with van der Waals surface area (Å²) in [6, 6.07) is 5.76. The van der Waals surface area contributed by atoms with Gasteiger partial charge in [0.25, 0.3) is 5.69 Å². The van der Waals surface area contributed by atoms with E-state index in [0.29, 0.717) is 16.8 Å². The second kappa shape index (κ2) is 7.40. The van der Waals surface area contributed by atoms with Crippen LogP contribution in [0.1, 0.15) is 37.5 Å². The Morgan fingerprint density at radius 2 is 1.88 bits per heavy atom. The summed E-state index contributed by atoms with van der Waals surface area (Å²) < 4.78 is 4.99. The lowest BCUT2D eigenvalue weighted by atomic mass is 10.1. The second-order valence-electron chi connectivity index (χ2n) is 5.50. The van der Waals surface area contributed by atoms with Crippen LogP contribution in [0.5, 0.6) is 0 Å². The monoisotopic (exact) mass is 362 g/mol. The van der Waals surface area contributed by atoms with Crippen molar-refractivity contribution in [1.82, 2.24) is 4.98 Å². The molecule has 0 N–H and O–H groups in total. The maximum absolute atomic E-state index is 12.2.